The Morgan fingerprint density at radius 2 is 2.33 bits per heavy atom. The summed E-state index contributed by atoms with van der Waals surface area (Å²) in [5.41, 5.74) is 0.454. The van der Waals surface area contributed by atoms with Crippen molar-refractivity contribution in [1.82, 2.24) is 9.29 Å². The third kappa shape index (κ3) is 2.70. The van der Waals surface area contributed by atoms with Gasteiger partial charge in [-0.25, -0.2) is 13.4 Å². The molecule has 0 bridgehead atoms. The summed E-state index contributed by atoms with van der Waals surface area (Å²) in [6.45, 7) is 2.72. The highest BCUT2D eigenvalue weighted by atomic mass is 35.5. The van der Waals surface area contributed by atoms with Gasteiger partial charge in [-0.2, -0.15) is 4.31 Å². The first kappa shape index (κ1) is 14.2. The van der Waals surface area contributed by atoms with E-state index in [1.807, 2.05) is 0 Å². The van der Waals surface area contributed by atoms with Crippen molar-refractivity contribution in [3.05, 3.63) is 10.2 Å². The summed E-state index contributed by atoms with van der Waals surface area (Å²) in [4.78, 5) is 3.94. The van der Waals surface area contributed by atoms with Crippen molar-refractivity contribution >= 4 is 33.0 Å². The molecule has 0 amide bonds. The number of hydrogen-bond donors (Lipinski definition) is 1. The van der Waals surface area contributed by atoms with Gasteiger partial charge in [0.2, 0.25) is 0 Å². The standard InChI is InChI=1S/C10H15ClN2O3S2/c1-7-9(17-10(11)12-7)18(15,16)13-4-2-8(6-13)3-5-14/h8,14H,2-6H2,1H3. The van der Waals surface area contributed by atoms with Crippen LogP contribution in [0.4, 0.5) is 0 Å². The molecular weight excluding hydrogens is 296 g/mol. The van der Waals surface area contributed by atoms with E-state index in [9.17, 15) is 8.42 Å². The van der Waals surface area contributed by atoms with E-state index in [-0.39, 0.29) is 21.2 Å². The first-order chi connectivity index (χ1) is 8.45. The molecule has 1 unspecified atom stereocenters. The molecule has 0 aromatic carbocycles. The van der Waals surface area contributed by atoms with Gasteiger partial charge >= 0.3 is 0 Å². The molecule has 0 saturated carbocycles. The Balaban J connectivity index is 2.20. The van der Waals surface area contributed by atoms with Crippen molar-refractivity contribution in [3.8, 4) is 0 Å². The van der Waals surface area contributed by atoms with Crippen molar-refractivity contribution in [2.45, 2.75) is 24.0 Å². The summed E-state index contributed by atoms with van der Waals surface area (Å²) < 4.78 is 26.7. The van der Waals surface area contributed by atoms with Gasteiger partial charge in [0.25, 0.3) is 10.0 Å². The fourth-order valence-electron chi connectivity index (χ4n) is 2.14. The van der Waals surface area contributed by atoms with E-state index in [1.54, 1.807) is 6.92 Å². The van der Waals surface area contributed by atoms with Gasteiger partial charge in [-0.05, 0) is 25.7 Å². The first-order valence-corrected chi connectivity index (χ1v) is 8.32. The zero-order valence-electron chi connectivity index (χ0n) is 9.97. The predicted octanol–water partition coefficient (Wildman–Crippen LogP) is 1.50. The average molecular weight is 311 g/mol. The molecule has 8 heteroatoms. The quantitative estimate of drug-likeness (QED) is 0.915. The highest BCUT2D eigenvalue weighted by Crippen LogP contribution is 2.32. The van der Waals surface area contributed by atoms with Crippen LogP contribution in [0.1, 0.15) is 18.5 Å². The number of hydrogen-bond acceptors (Lipinski definition) is 5. The van der Waals surface area contributed by atoms with Crippen molar-refractivity contribution < 1.29 is 13.5 Å². The van der Waals surface area contributed by atoms with Crippen LogP contribution in [0.15, 0.2) is 4.21 Å². The number of thiazole rings is 1. The van der Waals surface area contributed by atoms with E-state index in [4.69, 9.17) is 16.7 Å². The molecule has 1 N–H and O–H groups in total. The van der Waals surface area contributed by atoms with Crippen LogP contribution < -0.4 is 0 Å². The molecule has 0 radical (unpaired) electrons. The monoisotopic (exact) mass is 310 g/mol. The maximum absolute atomic E-state index is 12.4. The molecule has 1 aromatic rings. The van der Waals surface area contributed by atoms with E-state index >= 15 is 0 Å². The lowest BCUT2D eigenvalue weighted by atomic mass is 10.1. The van der Waals surface area contributed by atoms with E-state index < -0.39 is 10.0 Å². The summed E-state index contributed by atoms with van der Waals surface area (Å²) in [5, 5.41) is 8.89. The lowest BCUT2D eigenvalue weighted by Crippen LogP contribution is -2.28. The summed E-state index contributed by atoms with van der Waals surface area (Å²) in [6.07, 6.45) is 1.44. The van der Waals surface area contributed by atoms with Crippen molar-refractivity contribution in [3.63, 3.8) is 0 Å². The highest BCUT2D eigenvalue weighted by Gasteiger charge is 2.34. The number of aryl methyl sites for hydroxylation is 1. The number of nitrogens with zero attached hydrogens (tertiary/aromatic N) is 2. The number of sulfonamides is 1. The number of halogens is 1. The second-order valence-electron chi connectivity index (χ2n) is 4.37. The van der Waals surface area contributed by atoms with Crippen molar-refractivity contribution in [2.75, 3.05) is 19.7 Å². The van der Waals surface area contributed by atoms with E-state index in [1.165, 1.54) is 4.31 Å². The van der Waals surface area contributed by atoms with Crippen molar-refractivity contribution in [2.24, 2.45) is 5.92 Å². The van der Waals surface area contributed by atoms with Crippen LogP contribution >= 0.6 is 22.9 Å². The second-order valence-corrected chi connectivity index (χ2v) is 8.08. The maximum atomic E-state index is 12.4. The molecule has 102 valence electrons. The van der Waals surface area contributed by atoms with E-state index in [0.717, 1.165) is 17.8 Å². The molecule has 1 saturated heterocycles. The molecule has 1 aromatic heterocycles. The van der Waals surface area contributed by atoms with Gasteiger partial charge in [-0.3, -0.25) is 0 Å². The zero-order chi connectivity index (χ0) is 13.3. The molecule has 1 aliphatic rings. The Morgan fingerprint density at radius 1 is 1.61 bits per heavy atom. The predicted molar refractivity (Wildman–Crippen MR) is 70.4 cm³/mol. The van der Waals surface area contributed by atoms with E-state index in [0.29, 0.717) is 25.2 Å². The number of aliphatic hydroxyl groups is 1. The molecule has 0 aliphatic carbocycles. The van der Waals surface area contributed by atoms with Gasteiger partial charge in [0, 0.05) is 19.7 Å². The van der Waals surface area contributed by atoms with Crippen LogP contribution in [0.3, 0.4) is 0 Å². The molecule has 5 nitrogen and oxygen atoms in total. The maximum Gasteiger partial charge on any atom is 0.254 e. The number of rotatable bonds is 4. The van der Waals surface area contributed by atoms with Gasteiger partial charge in [0.05, 0.1) is 5.69 Å². The molecule has 1 aliphatic heterocycles. The molecule has 2 rings (SSSR count). The van der Waals surface area contributed by atoms with Crippen LogP contribution in [0.2, 0.25) is 4.47 Å². The third-order valence-corrected chi connectivity index (χ3v) is 6.80. The molecule has 18 heavy (non-hydrogen) atoms. The molecule has 1 fully saturated rings. The fourth-order valence-corrected chi connectivity index (χ4v) is 5.55. The summed E-state index contributed by atoms with van der Waals surface area (Å²) in [7, 11) is -3.48. The fraction of sp³-hybridized carbons (Fsp3) is 0.700. The molecule has 1 atom stereocenters. The minimum absolute atomic E-state index is 0.101. The molecular formula is C10H15ClN2O3S2. The van der Waals surface area contributed by atoms with Crippen LogP contribution in [0.5, 0.6) is 0 Å². The molecule has 0 spiro atoms. The van der Waals surface area contributed by atoms with Gasteiger partial charge < -0.3 is 5.11 Å². The average Bonchev–Trinajstić information content (AvgIpc) is 2.86. The lowest BCUT2D eigenvalue weighted by Gasteiger charge is -2.15. The van der Waals surface area contributed by atoms with E-state index in [2.05, 4.69) is 4.98 Å². The topological polar surface area (TPSA) is 70.5 Å². The Hall–Kier alpha value is -0.210. The van der Waals surface area contributed by atoms with Crippen LogP contribution in [-0.2, 0) is 10.0 Å². The Bertz CT molecular complexity index is 529. The zero-order valence-corrected chi connectivity index (χ0v) is 12.4. The number of aliphatic hydroxyl groups excluding tert-OH is 1. The Kier molecular flexibility index (Phi) is 4.28. The van der Waals surface area contributed by atoms with Crippen LogP contribution in [0.25, 0.3) is 0 Å². The second kappa shape index (κ2) is 5.42. The summed E-state index contributed by atoms with van der Waals surface area (Å²) in [5.74, 6) is 0.244. The highest BCUT2D eigenvalue weighted by molar-refractivity contribution is 7.91. The Morgan fingerprint density at radius 3 is 2.89 bits per heavy atom. The van der Waals surface area contributed by atoms with Crippen LogP contribution in [0, 0.1) is 12.8 Å². The SMILES string of the molecule is Cc1nc(Cl)sc1S(=O)(=O)N1CCC(CCO)C1. The first-order valence-electron chi connectivity index (χ1n) is 5.69. The van der Waals surface area contributed by atoms with Crippen LogP contribution in [-0.4, -0.2) is 42.5 Å². The van der Waals surface area contributed by atoms with Gasteiger partial charge in [-0.1, -0.05) is 22.9 Å². The van der Waals surface area contributed by atoms with Gasteiger partial charge in [-0.15, -0.1) is 0 Å². The minimum Gasteiger partial charge on any atom is -0.396 e. The minimum atomic E-state index is -3.48. The van der Waals surface area contributed by atoms with Crippen molar-refractivity contribution in [1.29, 1.82) is 0 Å². The largest absolute Gasteiger partial charge is 0.396 e. The normalized spacial score (nSPS) is 21.6. The van der Waals surface area contributed by atoms with Gasteiger partial charge in [0.1, 0.15) is 0 Å². The van der Waals surface area contributed by atoms with Gasteiger partial charge in [0.15, 0.2) is 8.68 Å². The smallest absolute Gasteiger partial charge is 0.254 e. The third-order valence-electron chi connectivity index (χ3n) is 3.09. The number of aromatic nitrogens is 1. The summed E-state index contributed by atoms with van der Waals surface area (Å²) in [6, 6.07) is 0. The lowest BCUT2D eigenvalue weighted by molar-refractivity contribution is 0.260. The molecule has 2 heterocycles. The Labute approximate surface area is 115 Å². The summed E-state index contributed by atoms with van der Waals surface area (Å²) >= 11 is 6.75.